The Bertz CT molecular complexity index is 620. The predicted octanol–water partition coefficient (Wildman–Crippen LogP) is 4.63. The fraction of sp³-hybridized carbons (Fsp3) is 0.0625. The zero-order valence-electron chi connectivity index (χ0n) is 10.6. The van der Waals surface area contributed by atoms with Crippen molar-refractivity contribution in [1.82, 2.24) is 0 Å². The van der Waals surface area contributed by atoms with E-state index in [1.807, 2.05) is 37.3 Å². The van der Waals surface area contributed by atoms with Gasteiger partial charge in [-0.1, -0.05) is 42.4 Å². The molecule has 0 bridgehead atoms. The molecule has 0 heterocycles. The van der Waals surface area contributed by atoms with Crippen LogP contribution in [-0.2, 0) is 0 Å². The second-order valence-electron chi connectivity index (χ2n) is 4.30. The monoisotopic (exact) mass is 271 g/mol. The molecule has 3 heteroatoms. The van der Waals surface area contributed by atoms with Gasteiger partial charge in [0.2, 0.25) is 0 Å². The van der Waals surface area contributed by atoms with E-state index in [2.05, 4.69) is 11.9 Å². The van der Waals surface area contributed by atoms with E-state index in [4.69, 9.17) is 11.6 Å². The first-order chi connectivity index (χ1) is 9.08. The number of hydrogen-bond donors (Lipinski definition) is 1. The molecule has 19 heavy (non-hydrogen) atoms. The fourth-order valence-electron chi connectivity index (χ4n) is 1.73. The SMILES string of the molecule is C=C(C)c1ccc(NC(=O)c2ccccc2)cc1Cl. The lowest BCUT2D eigenvalue weighted by Crippen LogP contribution is -2.11. The zero-order valence-corrected chi connectivity index (χ0v) is 11.4. The average Bonchev–Trinajstić information content (AvgIpc) is 2.39. The van der Waals surface area contributed by atoms with Crippen molar-refractivity contribution < 1.29 is 4.79 Å². The summed E-state index contributed by atoms with van der Waals surface area (Å²) in [6.45, 7) is 5.74. The number of allylic oxidation sites excluding steroid dienone is 1. The second-order valence-corrected chi connectivity index (χ2v) is 4.70. The van der Waals surface area contributed by atoms with Gasteiger partial charge in [-0.3, -0.25) is 4.79 Å². The molecule has 96 valence electrons. The Labute approximate surface area is 117 Å². The first kappa shape index (κ1) is 13.4. The summed E-state index contributed by atoms with van der Waals surface area (Å²) in [5, 5.41) is 3.39. The van der Waals surface area contributed by atoms with E-state index in [1.165, 1.54) is 0 Å². The van der Waals surface area contributed by atoms with Crippen molar-refractivity contribution in [3.63, 3.8) is 0 Å². The van der Waals surface area contributed by atoms with Gasteiger partial charge in [-0.2, -0.15) is 0 Å². The van der Waals surface area contributed by atoms with Crippen molar-refractivity contribution >= 4 is 28.8 Å². The minimum atomic E-state index is -0.153. The van der Waals surface area contributed by atoms with Crippen LogP contribution in [0.2, 0.25) is 5.02 Å². The minimum Gasteiger partial charge on any atom is -0.322 e. The van der Waals surface area contributed by atoms with Crippen LogP contribution in [0.5, 0.6) is 0 Å². The maximum atomic E-state index is 12.0. The second kappa shape index (κ2) is 5.72. The van der Waals surface area contributed by atoms with Crippen LogP contribution >= 0.6 is 11.6 Å². The van der Waals surface area contributed by atoms with Crippen LogP contribution in [0.25, 0.3) is 5.57 Å². The molecule has 1 amide bonds. The molecule has 0 aliphatic rings. The van der Waals surface area contributed by atoms with E-state index in [9.17, 15) is 4.79 Å². The maximum Gasteiger partial charge on any atom is 0.255 e. The van der Waals surface area contributed by atoms with E-state index in [0.29, 0.717) is 16.3 Å². The minimum absolute atomic E-state index is 0.153. The number of carbonyl (C=O) groups excluding carboxylic acids is 1. The zero-order chi connectivity index (χ0) is 13.8. The lowest BCUT2D eigenvalue weighted by atomic mass is 10.1. The largest absolute Gasteiger partial charge is 0.322 e. The van der Waals surface area contributed by atoms with Crippen molar-refractivity contribution in [3.05, 3.63) is 71.3 Å². The number of anilines is 1. The molecule has 0 spiro atoms. The normalized spacial score (nSPS) is 10.0. The molecule has 2 aromatic rings. The third-order valence-electron chi connectivity index (χ3n) is 2.72. The summed E-state index contributed by atoms with van der Waals surface area (Å²) in [7, 11) is 0. The lowest BCUT2D eigenvalue weighted by molar-refractivity contribution is 0.102. The number of benzene rings is 2. The van der Waals surface area contributed by atoms with Gasteiger partial charge >= 0.3 is 0 Å². The van der Waals surface area contributed by atoms with Crippen LogP contribution in [-0.4, -0.2) is 5.91 Å². The number of nitrogens with one attached hydrogen (secondary N) is 1. The van der Waals surface area contributed by atoms with Gasteiger partial charge < -0.3 is 5.32 Å². The highest BCUT2D eigenvalue weighted by atomic mass is 35.5. The van der Waals surface area contributed by atoms with Crippen molar-refractivity contribution in [3.8, 4) is 0 Å². The van der Waals surface area contributed by atoms with Crippen LogP contribution in [0.1, 0.15) is 22.8 Å². The molecule has 0 radical (unpaired) electrons. The molecule has 0 atom stereocenters. The van der Waals surface area contributed by atoms with E-state index in [1.54, 1.807) is 18.2 Å². The van der Waals surface area contributed by atoms with Crippen LogP contribution in [0, 0.1) is 0 Å². The Morgan fingerprint density at radius 3 is 2.42 bits per heavy atom. The summed E-state index contributed by atoms with van der Waals surface area (Å²) in [4.78, 5) is 12.0. The number of carbonyl (C=O) groups is 1. The molecule has 0 unspecified atom stereocenters. The number of amides is 1. The van der Waals surface area contributed by atoms with Crippen LogP contribution in [0.4, 0.5) is 5.69 Å². The third kappa shape index (κ3) is 3.24. The quantitative estimate of drug-likeness (QED) is 0.867. The predicted molar refractivity (Wildman–Crippen MR) is 80.6 cm³/mol. The van der Waals surface area contributed by atoms with E-state index < -0.39 is 0 Å². The first-order valence-corrected chi connectivity index (χ1v) is 6.27. The molecule has 0 fully saturated rings. The van der Waals surface area contributed by atoms with Gasteiger partial charge in [-0.25, -0.2) is 0 Å². The number of halogens is 1. The van der Waals surface area contributed by atoms with Gasteiger partial charge in [0, 0.05) is 11.3 Å². The highest BCUT2D eigenvalue weighted by Crippen LogP contribution is 2.26. The topological polar surface area (TPSA) is 29.1 Å². The van der Waals surface area contributed by atoms with Crippen LogP contribution < -0.4 is 5.32 Å². The summed E-state index contributed by atoms with van der Waals surface area (Å²) in [5.74, 6) is -0.153. The first-order valence-electron chi connectivity index (χ1n) is 5.90. The summed E-state index contributed by atoms with van der Waals surface area (Å²) in [6.07, 6.45) is 0. The van der Waals surface area contributed by atoms with Gasteiger partial charge in [0.25, 0.3) is 5.91 Å². The number of hydrogen-bond acceptors (Lipinski definition) is 1. The van der Waals surface area contributed by atoms with Gasteiger partial charge in [-0.05, 0) is 42.3 Å². The van der Waals surface area contributed by atoms with Gasteiger partial charge in [-0.15, -0.1) is 0 Å². The van der Waals surface area contributed by atoms with Crippen molar-refractivity contribution in [2.45, 2.75) is 6.92 Å². The molecule has 0 saturated carbocycles. The van der Waals surface area contributed by atoms with Gasteiger partial charge in [0.15, 0.2) is 0 Å². The Kier molecular flexibility index (Phi) is 4.03. The Morgan fingerprint density at radius 1 is 1.16 bits per heavy atom. The van der Waals surface area contributed by atoms with Gasteiger partial charge in [0.05, 0.1) is 5.02 Å². The van der Waals surface area contributed by atoms with Crippen LogP contribution in [0.15, 0.2) is 55.1 Å². The van der Waals surface area contributed by atoms with E-state index in [0.717, 1.165) is 11.1 Å². The molecule has 2 aromatic carbocycles. The van der Waals surface area contributed by atoms with Crippen molar-refractivity contribution in [2.75, 3.05) is 5.32 Å². The third-order valence-corrected chi connectivity index (χ3v) is 3.04. The molecule has 0 saturated heterocycles. The van der Waals surface area contributed by atoms with Crippen molar-refractivity contribution in [1.29, 1.82) is 0 Å². The van der Waals surface area contributed by atoms with E-state index in [-0.39, 0.29) is 5.91 Å². The van der Waals surface area contributed by atoms with Crippen molar-refractivity contribution in [2.24, 2.45) is 0 Å². The Hall–Kier alpha value is -2.06. The summed E-state index contributed by atoms with van der Waals surface area (Å²) in [5.41, 5.74) is 3.07. The summed E-state index contributed by atoms with van der Waals surface area (Å²) in [6, 6.07) is 14.4. The molecule has 2 rings (SSSR count). The molecule has 2 nitrogen and oxygen atoms in total. The lowest BCUT2D eigenvalue weighted by Gasteiger charge is -2.08. The van der Waals surface area contributed by atoms with Crippen LogP contribution in [0.3, 0.4) is 0 Å². The smallest absolute Gasteiger partial charge is 0.255 e. The highest BCUT2D eigenvalue weighted by Gasteiger charge is 2.07. The Morgan fingerprint density at radius 2 is 1.84 bits per heavy atom. The number of rotatable bonds is 3. The molecule has 0 aromatic heterocycles. The van der Waals surface area contributed by atoms with Gasteiger partial charge in [0.1, 0.15) is 0 Å². The highest BCUT2D eigenvalue weighted by molar-refractivity contribution is 6.32. The molecular formula is C16H14ClNO. The standard InChI is InChI=1S/C16H14ClNO/c1-11(2)14-9-8-13(10-15(14)17)18-16(19)12-6-4-3-5-7-12/h3-10H,1H2,2H3,(H,18,19). The molecule has 1 N–H and O–H groups in total. The maximum absolute atomic E-state index is 12.0. The molecular weight excluding hydrogens is 258 g/mol. The summed E-state index contributed by atoms with van der Waals surface area (Å²) < 4.78 is 0. The molecule has 0 aliphatic heterocycles. The summed E-state index contributed by atoms with van der Waals surface area (Å²) >= 11 is 6.14. The molecule has 0 aliphatic carbocycles. The fourth-order valence-corrected chi connectivity index (χ4v) is 2.07. The van der Waals surface area contributed by atoms with E-state index >= 15 is 0 Å². The Balaban J connectivity index is 2.19. The average molecular weight is 272 g/mol.